The summed E-state index contributed by atoms with van der Waals surface area (Å²) in [6.07, 6.45) is 5.44. The Morgan fingerprint density at radius 1 is 0.970 bits per heavy atom. The lowest BCUT2D eigenvalue weighted by Crippen LogP contribution is -2.45. The zero-order chi connectivity index (χ0) is 23.0. The summed E-state index contributed by atoms with van der Waals surface area (Å²) in [5.74, 6) is 0.279. The normalized spacial score (nSPS) is 30.9. The number of halogens is 1. The highest BCUT2D eigenvalue weighted by atomic mass is 35.5. The predicted octanol–water partition coefficient (Wildman–Crippen LogP) is 4.61. The lowest BCUT2D eigenvalue weighted by atomic mass is 9.63. The molecular weight excluding hydrogens is 436 g/mol. The summed E-state index contributed by atoms with van der Waals surface area (Å²) in [5, 5.41) is 0.533. The van der Waals surface area contributed by atoms with Crippen molar-refractivity contribution in [2.45, 2.75) is 20.3 Å². The van der Waals surface area contributed by atoms with E-state index in [9.17, 15) is 14.4 Å². The molecule has 2 bridgehead atoms. The molecular formula is C27H25ClN2O3. The Balaban J connectivity index is 1.38. The van der Waals surface area contributed by atoms with Gasteiger partial charge in [-0.3, -0.25) is 24.2 Å². The van der Waals surface area contributed by atoms with Crippen LogP contribution in [-0.4, -0.2) is 29.3 Å². The van der Waals surface area contributed by atoms with Crippen molar-refractivity contribution < 1.29 is 14.4 Å². The fraction of sp³-hybridized carbons (Fsp3) is 0.370. The molecule has 1 aliphatic heterocycles. The van der Waals surface area contributed by atoms with Crippen LogP contribution in [0.1, 0.15) is 27.9 Å². The second-order valence-corrected chi connectivity index (χ2v) is 10.2. The van der Waals surface area contributed by atoms with Crippen LogP contribution in [0.25, 0.3) is 0 Å². The first-order chi connectivity index (χ1) is 15.9. The van der Waals surface area contributed by atoms with Gasteiger partial charge in [0.05, 0.1) is 17.5 Å². The second kappa shape index (κ2) is 7.29. The Bertz CT molecular complexity index is 1200. The van der Waals surface area contributed by atoms with Crippen molar-refractivity contribution in [3.63, 3.8) is 0 Å². The number of allylic oxidation sites excluding steroid dienone is 2. The molecule has 1 saturated heterocycles. The maximum absolute atomic E-state index is 13.8. The maximum atomic E-state index is 13.8. The molecule has 0 N–H and O–H groups in total. The van der Waals surface area contributed by atoms with Crippen molar-refractivity contribution in [1.82, 2.24) is 4.90 Å². The van der Waals surface area contributed by atoms with Gasteiger partial charge in [-0.25, -0.2) is 0 Å². The minimum atomic E-state index is -0.285. The first kappa shape index (κ1) is 20.7. The van der Waals surface area contributed by atoms with Gasteiger partial charge in [-0.1, -0.05) is 48.0 Å². The van der Waals surface area contributed by atoms with Crippen LogP contribution in [-0.2, 0) is 9.59 Å². The predicted molar refractivity (Wildman–Crippen MR) is 126 cm³/mol. The van der Waals surface area contributed by atoms with E-state index in [-0.39, 0.29) is 48.1 Å². The van der Waals surface area contributed by atoms with Gasteiger partial charge in [0.15, 0.2) is 0 Å². The molecule has 6 atom stereocenters. The number of rotatable bonds is 4. The Labute approximate surface area is 198 Å². The monoisotopic (exact) mass is 460 g/mol. The number of nitrogens with zero attached hydrogens (tertiary/aromatic N) is 2. The van der Waals surface area contributed by atoms with Gasteiger partial charge in [0.1, 0.15) is 6.67 Å². The largest absolute Gasteiger partial charge is 0.289 e. The topological polar surface area (TPSA) is 57.7 Å². The third kappa shape index (κ3) is 2.95. The van der Waals surface area contributed by atoms with Gasteiger partial charge in [-0.05, 0) is 73.3 Å². The van der Waals surface area contributed by atoms with Gasteiger partial charge in [-0.15, -0.1) is 0 Å². The summed E-state index contributed by atoms with van der Waals surface area (Å²) >= 11 is 6.39. The van der Waals surface area contributed by atoms with E-state index in [0.29, 0.717) is 28.1 Å². The molecule has 33 heavy (non-hydrogen) atoms. The highest BCUT2D eigenvalue weighted by Gasteiger charge is 2.67. The molecule has 5 nitrogen and oxygen atoms in total. The van der Waals surface area contributed by atoms with E-state index >= 15 is 0 Å². The van der Waals surface area contributed by atoms with E-state index in [1.807, 2.05) is 38.1 Å². The van der Waals surface area contributed by atoms with Crippen LogP contribution in [0.4, 0.5) is 5.69 Å². The molecule has 1 heterocycles. The zero-order valence-corrected chi connectivity index (χ0v) is 19.3. The number of hydrogen-bond donors (Lipinski definition) is 0. The molecule has 6 unspecified atom stereocenters. The third-order valence-corrected chi connectivity index (χ3v) is 8.60. The van der Waals surface area contributed by atoms with Crippen molar-refractivity contribution >= 4 is 35.0 Å². The average Bonchev–Trinajstić information content (AvgIpc) is 3.59. The van der Waals surface area contributed by atoms with Crippen LogP contribution in [0.15, 0.2) is 54.6 Å². The van der Waals surface area contributed by atoms with E-state index in [0.717, 1.165) is 17.5 Å². The quantitative estimate of drug-likeness (QED) is 0.494. The van der Waals surface area contributed by atoms with Crippen molar-refractivity contribution in [2.24, 2.45) is 35.5 Å². The molecule has 2 aromatic carbocycles. The molecule has 2 saturated carbocycles. The third-order valence-electron chi connectivity index (χ3n) is 8.19. The minimum Gasteiger partial charge on any atom is -0.289 e. The molecule has 4 aliphatic carbocycles. The van der Waals surface area contributed by atoms with Crippen LogP contribution >= 0.6 is 11.6 Å². The molecule has 0 aromatic heterocycles. The van der Waals surface area contributed by atoms with E-state index < -0.39 is 0 Å². The minimum absolute atomic E-state index is 0.103. The molecule has 2 aromatic rings. The number of carbonyl (C=O) groups excluding carboxylic acids is 3. The molecule has 3 amide bonds. The fourth-order valence-corrected chi connectivity index (χ4v) is 6.57. The Hall–Kier alpha value is -2.92. The van der Waals surface area contributed by atoms with Gasteiger partial charge in [0, 0.05) is 10.6 Å². The lowest BCUT2D eigenvalue weighted by Gasteiger charge is -2.37. The Morgan fingerprint density at radius 3 is 2.24 bits per heavy atom. The van der Waals surface area contributed by atoms with Crippen molar-refractivity contribution in [3.05, 3.63) is 76.3 Å². The first-order valence-electron chi connectivity index (χ1n) is 11.5. The van der Waals surface area contributed by atoms with Gasteiger partial charge in [0.2, 0.25) is 11.8 Å². The van der Waals surface area contributed by atoms with E-state index in [1.165, 1.54) is 9.80 Å². The summed E-state index contributed by atoms with van der Waals surface area (Å²) in [7, 11) is 0. The summed E-state index contributed by atoms with van der Waals surface area (Å²) < 4.78 is 0. The zero-order valence-electron chi connectivity index (χ0n) is 18.6. The van der Waals surface area contributed by atoms with Crippen LogP contribution in [0, 0.1) is 49.4 Å². The summed E-state index contributed by atoms with van der Waals surface area (Å²) in [4.78, 5) is 43.7. The number of carbonyl (C=O) groups is 3. The standard InChI is InChI=1S/C27H25ClN2O3/c1-14-6-3-4-7-16(14)25(31)29(22-9-5-8-21(28)15(22)2)13-30-26(32)23-17-10-11-18(20-12-19(17)20)24(23)27(30)33/h3-11,17-20,23-24H,12-13H2,1-2H3. The van der Waals surface area contributed by atoms with Crippen LogP contribution in [0.3, 0.4) is 0 Å². The van der Waals surface area contributed by atoms with Crippen molar-refractivity contribution in [2.75, 3.05) is 11.6 Å². The number of hydrogen-bond acceptors (Lipinski definition) is 3. The number of amides is 3. The highest BCUT2D eigenvalue weighted by molar-refractivity contribution is 6.31. The van der Waals surface area contributed by atoms with Crippen LogP contribution < -0.4 is 4.90 Å². The van der Waals surface area contributed by atoms with Crippen molar-refractivity contribution in [1.29, 1.82) is 0 Å². The summed E-state index contributed by atoms with van der Waals surface area (Å²) in [6, 6.07) is 12.7. The smallest absolute Gasteiger partial charge is 0.260 e. The SMILES string of the molecule is Cc1ccccc1C(=O)N(CN1C(=O)C2C3C=CC(C4CC34)C2C1=O)c1cccc(Cl)c1C. The average molecular weight is 461 g/mol. The van der Waals surface area contributed by atoms with Gasteiger partial charge < -0.3 is 0 Å². The number of aryl methyl sites for hydroxylation is 1. The molecule has 0 spiro atoms. The van der Waals surface area contributed by atoms with Gasteiger partial charge in [0.25, 0.3) is 5.91 Å². The maximum Gasteiger partial charge on any atom is 0.260 e. The lowest BCUT2D eigenvalue weighted by molar-refractivity contribution is -0.140. The molecule has 7 rings (SSSR count). The second-order valence-electron chi connectivity index (χ2n) is 9.83. The summed E-state index contributed by atoms with van der Waals surface area (Å²) in [5.41, 5.74) is 2.72. The number of imide groups is 1. The van der Waals surface area contributed by atoms with Gasteiger partial charge >= 0.3 is 0 Å². The van der Waals surface area contributed by atoms with E-state index in [2.05, 4.69) is 12.2 Å². The van der Waals surface area contributed by atoms with E-state index in [4.69, 9.17) is 11.6 Å². The molecule has 3 fully saturated rings. The molecule has 168 valence electrons. The number of likely N-dealkylation sites (tertiary alicyclic amines) is 1. The Morgan fingerprint density at radius 2 is 1.61 bits per heavy atom. The number of anilines is 1. The van der Waals surface area contributed by atoms with Gasteiger partial charge in [-0.2, -0.15) is 0 Å². The van der Waals surface area contributed by atoms with Crippen LogP contribution in [0.2, 0.25) is 5.02 Å². The Kier molecular flexibility index (Phi) is 4.57. The highest BCUT2D eigenvalue weighted by Crippen LogP contribution is 2.65. The van der Waals surface area contributed by atoms with E-state index in [1.54, 1.807) is 18.2 Å². The fourth-order valence-electron chi connectivity index (χ4n) is 6.40. The molecule has 0 radical (unpaired) electrons. The summed E-state index contributed by atoms with van der Waals surface area (Å²) in [6.45, 7) is 3.63. The first-order valence-corrected chi connectivity index (χ1v) is 11.9. The van der Waals surface area contributed by atoms with Crippen molar-refractivity contribution in [3.8, 4) is 0 Å². The molecule has 6 heteroatoms. The van der Waals surface area contributed by atoms with Crippen LogP contribution in [0.5, 0.6) is 0 Å². The number of benzene rings is 2. The molecule has 5 aliphatic rings.